The van der Waals surface area contributed by atoms with Gasteiger partial charge in [0.25, 0.3) is 0 Å². The van der Waals surface area contributed by atoms with Gasteiger partial charge in [0.1, 0.15) is 24.0 Å². The molecular formula is C22H23FN4O3. The molecule has 2 aromatic carbocycles. The number of phenols is 1. The highest BCUT2D eigenvalue weighted by atomic mass is 19.1. The monoisotopic (exact) mass is 410 g/mol. The second-order valence-electron chi connectivity index (χ2n) is 6.89. The van der Waals surface area contributed by atoms with Crippen molar-refractivity contribution in [3.63, 3.8) is 0 Å². The molecule has 30 heavy (non-hydrogen) atoms. The smallest absolute Gasteiger partial charge is 0.245 e. The molecule has 8 heteroatoms. The molecule has 7 nitrogen and oxygen atoms in total. The fourth-order valence-electron chi connectivity index (χ4n) is 3.01. The molecular weight excluding hydrogens is 387 g/mol. The lowest BCUT2D eigenvalue weighted by atomic mass is 10.1. The number of aliphatic hydroxyl groups excluding tert-OH is 1. The van der Waals surface area contributed by atoms with Crippen molar-refractivity contribution in [3.05, 3.63) is 65.5 Å². The van der Waals surface area contributed by atoms with Crippen LogP contribution in [0, 0.1) is 12.7 Å². The summed E-state index contributed by atoms with van der Waals surface area (Å²) < 4.78 is 14.4. The van der Waals surface area contributed by atoms with Crippen LogP contribution in [0.2, 0.25) is 0 Å². The van der Waals surface area contributed by atoms with E-state index in [9.17, 15) is 14.3 Å². The summed E-state index contributed by atoms with van der Waals surface area (Å²) in [6, 6.07) is 13.2. The Morgan fingerprint density at radius 1 is 1.20 bits per heavy atom. The molecule has 0 saturated carbocycles. The maximum Gasteiger partial charge on any atom is 0.245 e. The number of anilines is 3. The first-order valence-electron chi connectivity index (χ1n) is 9.26. The largest absolute Gasteiger partial charge is 0.507 e. The number of pyridine rings is 1. The Bertz CT molecular complexity index is 1090. The number of carbonyl (C=O) groups excluding carboxylic acids is 1. The first-order valence-corrected chi connectivity index (χ1v) is 9.26. The molecule has 0 aliphatic heterocycles. The first kappa shape index (κ1) is 21.1. The van der Waals surface area contributed by atoms with E-state index in [0.29, 0.717) is 28.2 Å². The molecule has 0 saturated heterocycles. The number of aliphatic hydroxyl groups is 1. The minimum absolute atomic E-state index is 0.00441. The fraction of sp³-hybridized carbons (Fsp3) is 0.182. The van der Waals surface area contributed by atoms with Gasteiger partial charge < -0.3 is 26.2 Å². The predicted molar refractivity (Wildman–Crippen MR) is 114 cm³/mol. The Labute approximate surface area is 173 Å². The number of aryl methyl sites for hydroxylation is 1. The standard InChI is InChI=1S/C22H23FN4O3/c1-13-3-7-19(17(23)9-13)27(2)15-5-8-20(29)16(10-15)18-6-4-14(22(24)26-18)11-25-21(30)12-28/h3-10,28-29H,11-12H2,1-2H3,(H2,24,26)(H,25,30). The quantitative estimate of drug-likeness (QED) is 0.497. The minimum Gasteiger partial charge on any atom is -0.507 e. The zero-order chi connectivity index (χ0) is 21.8. The third kappa shape index (κ3) is 4.49. The van der Waals surface area contributed by atoms with E-state index in [-0.39, 0.29) is 23.9 Å². The van der Waals surface area contributed by atoms with Gasteiger partial charge in [0.15, 0.2) is 0 Å². The number of benzene rings is 2. The number of hydrogen-bond acceptors (Lipinski definition) is 6. The second-order valence-corrected chi connectivity index (χ2v) is 6.89. The van der Waals surface area contributed by atoms with Crippen molar-refractivity contribution in [2.24, 2.45) is 0 Å². The minimum atomic E-state index is -0.610. The van der Waals surface area contributed by atoms with Crippen LogP contribution in [0.3, 0.4) is 0 Å². The SMILES string of the molecule is Cc1ccc(N(C)c2ccc(O)c(-c3ccc(CNC(=O)CO)c(N)n3)c2)c(F)c1. The molecule has 0 atom stereocenters. The normalized spacial score (nSPS) is 10.7. The van der Waals surface area contributed by atoms with Gasteiger partial charge in [-0.2, -0.15) is 0 Å². The lowest BCUT2D eigenvalue weighted by Crippen LogP contribution is -2.26. The maximum atomic E-state index is 14.4. The summed E-state index contributed by atoms with van der Waals surface area (Å²) in [7, 11) is 1.73. The van der Waals surface area contributed by atoms with Crippen LogP contribution in [0.1, 0.15) is 11.1 Å². The van der Waals surface area contributed by atoms with Crippen molar-refractivity contribution in [1.29, 1.82) is 0 Å². The highest BCUT2D eigenvalue weighted by Crippen LogP contribution is 2.35. The van der Waals surface area contributed by atoms with Crippen LogP contribution in [-0.2, 0) is 11.3 Å². The molecule has 0 aliphatic carbocycles. The summed E-state index contributed by atoms with van der Waals surface area (Å²) in [5, 5.41) is 21.6. The summed E-state index contributed by atoms with van der Waals surface area (Å²) in [6.07, 6.45) is 0. The Morgan fingerprint density at radius 3 is 2.63 bits per heavy atom. The van der Waals surface area contributed by atoms with Gasteiger partial charge in [-0.15, -0.1) is 0 Å². The zero-order valence-electron chi connectivity index (χ0n) is 16.7. The summed E-state index contributed by atoms with van der Waals surface area (Å²) in [5.74, 6) is -0.669. The van der Waals surface area contributed by atoms with Gasteiger partial charge in [-0.25, -0.2) is 9.37 Å². The van der Waals surface area contributed by atoms with E-state index in [2.05, 4.69) is 10.3 Å². The average Bonchev–Trinajstić information content (AvgIpc) is 2.72. The Kier molecular flexibility index (Phi) is 6.17. The van der Waals surface area contributed by atoms with Crippen molar-refractivity contribution < 1.29 is 19.4 Å². The highest BCUT2D eigenvalue weighted by molar-refractivity contribution is 5.77. The molecule has 0 aliphatic rings. The number of nitrogens with zero attached hydrogens (tertiary/aromatic N) is 2. The van der Waals surface area contributed by atoms with E-state index >= 15 is 0 Å². The van der Waals surface area contributed by atoms with E-state index in [1.54, 1.807) is 42.3 Å². The average molecular weight is 410 g/mol. The van der Waals surface area contributed by atoms with Crippen molar-refractivity contribution in [1.82, 2.24) is 10.3 Å². The van der Waals surface area contributed by atoms with Crippen molar-refractivity contribution in [2.45, 2.75) is 13.5 Å². The number of carbonyl (C=O) groups is 1. The van der Waals surface area contributed by atoms with E-state index in [4.69, 9.17) is 10.8 Å². The fourth-order valence-corrected chi connectivity index (χ4v) is 3.01. The number of rotatable bonds is 6. The zero-order valence-corrected chi connectivity index (χ0v) is 16.7. The molecule has 5 N–H and O–H groups in total. The molecule has 0 fully saturated rings. The van der Waals surface area contributed by atoms with Crippen LogP contribution in [0.4, 0.5) is 21.6 Å². The molecule has 3 rings (SSSR count). The molecule has 0 spiro atoms. The molecule has 3 aromatic rings. The number of nitrogens with one attached hydrogen (secondary N) is 1. The van der Waals surface area contributed by atoms with Crippen LogP contribution in [0.25, 0.3) is 11.3 Å². The van der Waals surface area contributed by atoms with Crippen molar-refractivity contribution >= 4 is 23.1 Å². The molecule has 1 amide bonds. The Balaban J connectivity index is 1.91. The molecule has 1 aromatic heterocycles. The highest BCUT2D eigenvalue weighted by Gasteiger charge is 2.14. The number of nitrogen functional groups attached to an aromatic ring is 1. The number of aromatic nitrogens is 1. The van der Waals surface area contributed by atoms with Crippen molar-refractivity contribution in [2.75, 3.05) is 24.3 Å². The van der Waals surface area contributed by atoms with E-state index in [1.807, 2.05) is 13.0 Å². The number of halogens is 1. The number of hydrogen-bond donors (Lipinski definition) is 4. The topological polar surface area (TPSA) is 112 Å². The first-order chi connectivity index (χ1) is 14.3. The number of nitrogens with two attached hydrogens (primary N) is 1. The number of amides is 1. The number of aromatic hydroxyl groups is 1. The lowest BCUT2D eigenvalue weighted by molar-refractivity contribution is -0.123. The van der Waals surface area contributed by atoms with Gasteiger partial charge in [-0.1, -0.05) is 12.1 Å². The molecule has 156 valence electrons. The summed E-state index contributed by atoms with van der Waals surface area (Å²) in [6.45, 7) is 1.33. The van der Waals surface area contributed by atoms with Gasteiger partial charge in [0.2, 0.25) is 5.91 Å². The second kappa shape index (κ2) is 8.79. The van der Waals surface area contributed by atoms with Gasteiger partial charge in [0.05, 0.1) is 11.4 Å². The maximum absolute atomic E-state index is 14.4. The lowest BCUT2D eigenvalue weighted by Gasteiger charge is -2.21. The van der Waals surface area contributed by atoms with E-state index < -0.39 is 12.5 Å². The summed E-state index contributed by atoms with van der Waals surface area (Å²) >= 11 is 0. The van der Waals surface area contributed by atoms with Crippen LogP contribution in [0.15, 0.2) is 48.5 Å². The van der Waals surface area contributed by atoms with Gasteiger partial charge in [-0.3, -0.25) is 4.79 Å². The van der Waals surface area contributed by atoms with Gasteiger partial charge in [0, 0.05) is 30.4 Å². The third-order valence-corrected chi connectivity index (χ3v) is 4.74. The van der Waals surface area contributed by atoms with Gasteiger partial charge >= 0.3 is 0 Å². The van der Waals surface area contributed by atoms with Crippen LogP contribution in [-0.4, -0.2) is 34.8 Å². The molecule has 0 bridgehead atoms. The van der Waals surface area contributed by atoms with Crippen LogP contribution in [0.5, 0.6) is 5.75 Å². The van der Waals surface area contributed by atoms with Crippen molar-refractivity contribution in [3.8, 4) is 17.0 Å². The Hall–Kier alpha value is -3.65. The van der Waals surface area contributed by atoms with Crippen LogP contribution < -0.4 is 16.0 Å². The summed E-state index contributed by atoms with van der Waals surface area (Å²) in [4.78, 5) is 17.2. The van der Waals surface area contributed by atoms with E-state index in [0.717, 1.165) is 5.56 Å². The molecule has 0 radical (unpaired) electrons. The summed E-state index contributed by atoms with van der Waals surface area (Å²) in [5.41, 5.74) is 9.32. The van der Waals surface area contributed by atoms with Crippen LogP contribution >= 0.6 is 0 Å². The van der Waals surface area contributed by atoms with E-state index in [1.165, 1.54) is 12.1 Å². The molecule has 0 unspecified atom stereocenters. The molecule has 1 heterocycles. The number of phenolic OH excluding ortho intramolecular Hbond substituents is 1. The third-order valence-electron chi connectivity index (χ3n) is 4.74. The predicted octanol–water partition coefficient (Wildman–Crippen LogP) is 2.86. The van der Waals surface area contributed by atoms with Gasteiger partial charge in [-0.05, 0) is 48.9 Å². The Morgan fingerprint density at radius 2 is 1.97 bits per heavy atom.